The van der Waals surface area contributed by atoms with Gasteiger partial charge in [-0.25, -0.2) is 4.39 Å². The van der Waals surface area contributed by atoms with Gasteiger partial charge in [0.2, 0.25) is 11.8 Å². The molecule has 2 aliphatic heterocycles. The monoisotopic (exact) mass is 291 g/mol. The van der Waals surface area contributed by atoms with Gasteiger partial charge in [-0.3, -0.25) is 14.5 Å². The summed E-state index contributed by atoms with van der Waals surface area (Å²) in [6.45, 7) is 2.01. The highest BCUT2D eigenvalue weighted by atomic mass is 19.1. The lowest BCUT2D eigenvalue weighted by Crippen LogP contribution is -2.59. The summed E-state index contributed by atoms with van der Waals surface area (Å²) in [7, 11) is 0. The quantitative estimate of drug-likeness (QED) is 0.817. The van der Waals surface area contributed by atoms with Crippen LogP contribution in [0.4, 0.5) is 10.1 Å². The van der Waals surface area contributed by atoms with Gasteiger partial charge in [-0.1, -0.05) is 0 Å². The number of rotatable bonds is 2. The van der Waals surface area contributed by atoms with E-state index in [0.29, 0.717) is 5.69 Å². The molecule has 1 aromatic carbocycles. The second-order valence-corrected chi connectivity index (χ2v) is 5.47. The minimum Gasteiger partial charge on any atom is -0.353 e. The van der Waals surface area contributed by atoms with Crippen LogP contribution >= 0.6 is 0 Å². The zero-order valence-electron chi connectivity index (χ0n) is 11.7. The van der Waals surface area contributed by atoms with E-state index in [1.54, 1.807) is 17.0 Å². The van der Waals surface area contributed by atoms with Gasteiger partial charge in [0.25, 0.3) is 0 Å². The van der Waals surface area contributed by atoms with Crippen molar-refractivity contribution in [3.63, 3.8) is 0 Å². The molecule has 0 atom stereocenters. The van der Waals surface area contributed by atoms with Gasteiger partial charge in [0, 0.05) is 11.7 Å². The average Bonchev–Trinajstić information content (AvgIpc) is 2.48. The third-order valence-corrected chi connectivity index (χ3v) is 4.06. The van der Waals surface area contributed by atoms with E-state index in [1.807, 2.05) is 0 Å². The van der Waals surface area contributed by atoms with Crippen molar-refractivity contribution < 1.29 is 14.0 Å². The summed E-state index contributed by atoms with van der Waals surface area (Å²) in [5.74, 6) is -0.658. The number of carbonyl (C=O) groups excluding carboxylic acids is 2. The lowest BCUT2D eigenvalue weighted by atomic mass is 10.0. The molecule has 0 spiro atoms. The fraction of sp³-hybridized carbons (Fsp3) is 0.467. The number of hydrogen-bond acceptors (Lipinski definition) is 4. The van der Waals surface area contributed by atoms with Crippen molar-refractivity contribution in [1.29, 1.82) is 0 Å². The average molecular weight is 291 g/mol. The first kappa shape index (κ1) is 14.0. The fourth-order valence-corrected chi connectivity index (χ4v) is 2.98. The van der Waals surface area contributed by atoms with Gasteiger partial charge in [-0.05, 0) is 50.2 Å². The van der Waals surface area contributed by atoms with E-state index in [1.165, 1.54) is 17.0 Å². The largest absolute Gasteiger partial charge is 0.353 e. The third kappa shape index (κ3) is 2.90. The van der Waals surface area contributed by atoms with E-state index in [9.17, 15) is 14.0 Å². The van der Waals surface area contributed by atoms with Gasteiger partial charge in [0.1, 0.15) is 5.82 Å². The lowest BCUT2D eigenvalue weighted by Gasteiger charge is -2.39. The predicted molar refractivity (Wildman–Crippen MR) is 76.4 cm³/mol. The number of halogens is 1. The highest BCUT2D eigenvalue weighted by Crippen LogP contribution is 2.21. The molecule has 0 bridgehead atoms. The molecule has 112 valence electrons. The van der Waals surface area contributed by atoms with Crippen LogP contribution < -0.4 is 10.2 Å². The van der Waals surface area contributed by atoms with Gasteiger partial charge in [-0.2, -0.15) is 0 Å². The minimum absolute atomic E-state index is 0.0154. The number of nitrogens with one attached hydrogen (secondary N) is 1. The van der Waals surface area contributed by atoms with Crippen LogP contribution in [0.1, 0.15) is 12.8 Å². The lowest BCUT2D eigenvalue weighted by molar-refractivity contribution is -0.148. The summed E-state index contributed by atoms with van der Waals surface area (Å²) in [6, 6.07) is 5.88. The summed E-state index contributed by atoms with van der Waals surface area (Å²) >= 11 is 0. The number of nitrogens with zero attached hydrogens (tertiary/aromatic N) is 2. The van der Waals surface area contributed by atoms with Crippen LogP contribution in [0, 0.1) is 5.82 Å². The highest BCUT2D eigenvalue weighted by molar-refractivity contribution is 6.03. The number of benzene rings is 1. The molecule has 0 aliphatic carbocycles. The summed E-state index contributed by atoms with van der Waals surface area (Å²) in [6.07, 6.45) is 1.63. The Balaban J connectivity index is 1.73. The molecule has 0 unspecified atom stereocenters. The van der Waals surface area contributed by atoms with Crippen LogP contribution in [-0.4, -0.2) is 48.9 Å². The van der Waals surface area contributed by atoms with Gasteiger partial charge in [0.05, 0.1) is 13.1 Å². The molecule has 3 rings (SSSR count). The van der Waals surface area contributed by atoms with Crippen LogP contribution in [-0.2, 0) is 9.59 Å². The summed E-state index contributed by atoms with van der Waals surface area (Å²) < 4.78 is 12.9. The Morgan fingerprint density at radius 3 is 2.14 bits per heavy atom. The van der Waals surface area contributed by atoms with Crippen molar-refractivity contribution in [3.05, 3.63) is 30.1 Å². The Labute approximate surface area is 122 Å². The van der Waals surface area contributed by atoms with Gasteiger partial charge < -0.3 is 10.2 Å². The summed E-state index contributed by atoms with van der Waals surface area (Å²) in [5.41, 5.74) is 0.697. The van der Waals surface area contributed by atoms with Crippen LogP contribution in [0.5, 0.6) is 0 Å². The van der Waals surface area contributed by atoms with Crippen molar-refractivity contribution in [3.8, 4) is 0 Å². The van der Waals surface area contributed by atoms with Crippen molar-refractivity contribution in [2.24, 2.45) is 0 Å². The maximum absolute atomic E-state index is 12.9. The molecule has 21 heavy (non-hydrogen) atoms. The molecule has 2 aliphatic rings. The number of piperazine rings is 1. The van der Waals surface area contributed by atoms with Crippen molar-refractivity contribution in [1.82, 2.24) is 10.2 Å². The summed E-state index contributed by atoms with van der Waals surface area (Å²) in [5, 5.41) is 3.23. The van der Waals surface area contributed by atoms with Crippen molar-refractivity contribution in [2.75, 3.05) is 31.1 Å². The molecule has 2 fully saturated rings. The maximum atomic E-state index is 12.9. The van der Waals surface area contributed by atoms with Gasteiger partial charge in [0.15, 0.2) is 0 Å². The number of amides is 2. The SMILES string of the molecule is O=C1CN(c2ccc(F)cc2)CC(=O)N1C1CCNCC1. The van der Waals surface area contributed by atoms with Gasteiger partial charge in [-0.15, -0.1) is 0 Å². The zero-order chi connectivity index (χ0) is 14.8. The van der Waals surface area contributed by atoms with E-state index in [-0.39, 0.29) is 36.8 Å². The molecular formula is C15H18FN3O2. The summed E-state index contributed by atoms with van der Waals surface area (Å²) in [4.78, 5) is 27.8. The molecule has 2 heterocycles. The third-order valence-electron chi connectivity index (χ3n) is 4.06. The normalized spacial score (nSPS) is 21.0. The van der Waals surface area contributed by atoms with E-state index < -0.39 is 0 Å². The molecule has 6 heteroatoms. The number of carbonyl (C=O) groups is 2. The Bertz CT molecular complexity index is 522. The van der Waals surface area contributed by atoms with Crippen LogP contribution in [0.2, 0.25) is 0 Å². The number of hydrogen-bond donors (Lipinski definition) is 1. The number of anilines is 1. The van der Waals surface area contributed by atoms with E-state index in [0.717, 1.165) is 25.9 Å². The maximum Gasteiger partial charge on any atom is 0.249 e. The second-order valence-electron chi connectivity index (χ2n) is 5.47. The molecular weight excluding hydrogens is 273 g/mol. The molecule has 5 nitrogen and oxygen atoms in total. The van der Waals surface area contributed by atoms with Crippen LogP contribution in [0.25, 0.3) is 0 Å². The Morgan fingerprint density at radius 2 is 1.57 bits per heavy atom. The number of piperidine rings is 1. The predicted octanol–water partition coefficient (Wildman–Crippen LogP) is 0.753. The molecule has 0 saturated carbocycles. The van der Waals surface area contributed by atoms with Crippen molar-refractivity contribution in [2.45, 2.75) is 18.9 Å². The van der Waals surface area contributed by atoms with Crippen LogP contribution in [0.15, 0.2) is 24.3 Å². The molecule has 1 aromatic rings. The fourth-order valence-electron chi connectivity index (χ4n) is 2.98. The first-order chi connectivity index (χ1) is 10.1. The van der Waals surface area contributed by atoms with Gasteiger partial charge >= 0.3 is 0 Å². The molecule has 2 saturated heterocycles. The van der Waals surface area contributed by atoms with Crippen molar-refractivity contribution >= 4 is 17.5 Å². The van der Waals surface area contributed by atoms with E-state index >= 15 is 0 Å². The zero-order valence-corrected chi connectivity index (χ0v) is 11.7. The molecule has 2 amide bonds. The number of imide groups is 1. The van der Waals surface area contributed by atoms with E-state index in [4.69, 9.17) is 0 Å². The standard InChI is InChI=1S/C15H18FN3O2/c16-11-1-3-12(4-2-11)18-9-14(20)19(15(21)10-18)13-5-7-17-8-6-13/h1-4,13,17H,5-10H2. The second kappa shape index (κ2) is 5.81. The smallest absolute Gasteiger partial charge is 0.249 e. The Kier molecular flexibility index (Phi) is 3.88. The first-order valence-corrected chi connectivity index (χ1v) is 7.21. The Hall–Kier alpha value is -1.95. The molecule has 0 aromatic heterocycles. The van der Waals surface area contributed by atoms with Crippen LogP contribution in [0.3, 0.4) is 0 Å². The molecule has 1 N–H and O–H groups in total. The molecule has 0 radical (unpaired) electrons. The minimum atomic E-state index is -0.329. The Morgan fingerprint density at radius 1 is 1.00 bits per heavy atom. The van der Waals surface area contributed by atoms with E-state index in [2.05, 4.69) is 5.32 Å². The topological polar surface area (TPSA) is 52.7 Å². The first-order valence-electron chi connectivity index (χ1n) is 7.21. The highest BCUT2D eigenvalue weighted by Gasteiger charge is 2.36.